The highest BCUT2D eigenvalue weighted by Gasteiger charge is 2.30. The molecule has 0 spiro atoms. The van der Waals surface area contributed by atoms with E-state index in [1.165, 1.54) is 0 Å². The second-order valence-electron chi connectivity index (χ2n) is 6.39. The third-order valence-corrected chi connectivity index (χ3v) is 6.45. The molecule has 3 atom stereocenters. The van der Waals surface area contributed by atoms with Crippen LogP contribution in [0.15, 0.2) is 24.3 Å². The van der Waals surface area contributed by atoms with Crippen molar-refractivity contribution in [3.05, 3.63) is 35.7 Å². The zero-order valence-electron chi connectivity index (χ0n) is 14.6. The van der Waals surface area contributed by atoms with Gasteiger partial charge in [-0.1, -0.05) is 31.9 Å². The van der Waals surface area contributed by atoms with E-state index in [1.54, 1.807) is 12.1 Å². The Bertz CT molecular complexity index is 757. The third kappa shape index (κ3) is 4.15. The Morgan fingerprint density at radius 2 is 2.00 bits per heavy atom. The van der Waals surface area contributed by atoms with Gasteiger partial charge in [0.1, 0.15) is 5.82 Å². The van der Waals surface area contributed by atoms with Gasteiger partial charge in [-0.2, -0.15) is 5.10 Å². The minimum Gasteiger partial charge on any atom is -0.348 e. The maximum absolute atomic E-state index is 12.6. The van der Waals surface area contributed by atoms with Crippen LogP contribution in [0.3, 0.4) is 0 Å². The van der Waals surface area contributed by atoms with Crippen LogP contribution in [-0.4, -0.2) is 42.3 Å². The summed E-state index contributed by atoms with van der Waals surface area (Å²) in [4.78, 5) is 16.9. The van der Waals surface area contributed by atoms with Gasteiger partial charge < -0.3 is 5.32 Å². The molecule has 1 aromatic carbocycles. The monoisotopic (exact) mass is 360 g/mol. The molecule has 0 aliphatic heterocycles. The normalized spacial score (nSPS) is 21.7. The van der Waals surface area contributed by atoms with Gasteiger partial charge in [-0.15, -0.1) is 0 Å². The molecule has 0 unspecified atom stereocenters. The van der Waals surface area contributed by atoms with Crippen LogP contribution in [0.4, 0.5) is 0 Å². The van der Waals surface area contributed by atoms with Crippen LogP contribution in [-0.2, 0) is 10.8 Å². The van der Waals surface area contributed by atoms with Gasteiger partial charge >= 0.3 is 0 Å². The van der Waals surface area contributed by atoms with Crippen molar-refractivity contribution >= 4 is 16.7 Å². The van der Waals surface area contributed by atoms with Gasteiger partial charge in [-0.3, -0.25) is 14.1 Å². The molecule has 1 aliphatic carbocycles. The Hall–Kier alpha value is -2.02. The van der Waals surface area contributed by atoms with Gasteiger partial charge in [0.25, 0.3) is 5.91 Å². The van der Waals surface area contributed by atoms with Crippen LogP contribution in [0.1, 0.15) is 48.8 Å². The molecule has 0 radical (unpaired) electrons. The lowest BCUT2D eigenvalue weighted by atomic mass is 9.94. The fourth-order valence-electron chi connectivity index (χ4n) is 3.28. The van der Waals surface area contributed by atoms with Crippen molar-refractivity contribution in [3.8, 4) is 11.4 Å². The highest BCUT2D eigenvalue weighted by molar-refractivity contribution is 7.85. The van der Waals surface area contributed by atoms with Crippen LogP contribution in [0.25, 0.3) is 11.4 Å². The molecule has 1 fully saturated rings. The first kappa shape index (κ1) is 17.8. The minimum atomic E-state index is -0.877. The summed E-state index contributed by atoms with van der Waals surface area (Å²) in [7, 11) is -0.877. The van der Waals surface area contributed by atoms with Crippen LogP contribution in [0, 0.1) is 6.92 Å². The Morgan fingerprint density at radius 3 is 2.64 bits per heavy atom. The number of amides is 1. The van der Waals surface area contributed by atoms with Crippen molar-refractivity contribution in [2.75, 3.05) is 5.75 Å². The van der Waals surface area contributed by atoms with E-state index in [9.17, 15) is 9.00 Å². The Balaban J connectivity index is 1.69. The van der Waals surface area contributed by atoms with Crippen LogP contribution in [0.2, 0.25) is 0 Å². The zero-order chi connectivity index (χ0) is 17.8. The van der Waals surface area contributed by atoms with E-state index in [0.29, 0.717) is 17.1 Å². The molecular formula is C18H24N4O2S. The molecule has 1 amide bonds. The highest BCUT2D eigenvalue weighted by atomic mass is 32.2. The summed E-state index contributed by atoms with van der Waals surface area (Å²) in [5, 5.41) is 10.1. The Labute approximate surface area is 150 Å². The van der Waals surface area contributed by atoms with Crippen molar-refractivity contribution in [2.24, 2.45) is 0 Å². The number of nitrogens with one attached hydrogen (secondary N) is 2. The molecule has 3 rings (SSSR count). The highest BCUT2D eigenvalue weighted by Crippen LogP contribution is 2.24. The van der Waals surface area contributed by atoms with Crippen molar-refractivity contribution < 1.29 is 9.00 Å². The van der Waals surface area contributed by atoms with Crippen molar-refractivity contribution in [1.29, 1.82) is 0 Å². The number of rotatable bonds is 5. The number of H-pyrrole nitrogens is 1. The lowest BCUT2D eigenvalue weighted by Crippen LogP contribution is -2.47. The average Bonchev–Trinajstić information content (AvgIpc) is 3.08. The van der Waals surface area contributed by atoms with Crippen molar-refractivity contribution in [1.82, 2.24) is 20.5 Å². The van der Waals surface area contributed by atoms with E-state index in [2.05, 4.69) is 20.5 Å². The number of nitrogens with zero attached hydrogens (tertiary/aromatic N) is 2. The summed E-state index contributed by atoms with van der Waals surface area (Å²) in [5.74, 6) is 1.91. The van der Waals surface area contributed by atoms with E-state index in [1.807, 2.05) is 26.0 Å². The number of aryl methyl sites for hydroxylation is 1. The molecule has 1 aliphatic rings. The smallest absolute Gasteiger partial charge is 0.251 e. The lowest BCUT2D eigenvalue weighted by molar-refractivity contribution is 0.0929. The number of aromatic nitrogens is 3. The largest absolute Gasteiger partial charge is 0.348 e. The first-order chi connectivity index (χ1) is 12.1. The predicted molar refractivity (Wildman–Crippen MR) is 98.7 cm³/mol. The van der Waals surface area contributed by atoms with Crippen LogP contribution < -0.4 is 5.32 Å². The molecule has 1 heterocycles. The van der Waals surface area contributed by atoms with Crippen molar-refractivity contribution in [2.45, 2.75) is 50.8 Å². The van der Waals surface area contributed by atoms with E-state index in [-0.39, 0.29) is 17.2 Å². The van der Waals surface area contributed by atoms with Crippen LogP contribution >= 0.6 is 0 Å². The average molecular weight is 360 g/mol. The quantitative estimate of drug-likeness (QED) is 0.858. The van der Waals surface area contributed by atoms with E-state index in [4.69, 9.17) is 0 Å². The van der Waals surface area contributed by atoms with Crippen molar-refractivity contribution in [3.63, 3.8) is 0 Å². The standard InChI is InChI=1S/C18H24N4O2S/c1-3-25(24)16-7-5-4-6-15(16)20-18(23)14-10-8-13(9-11-14)17-19-12(2)21-22-17/h8-11,15-16H,3-7H2,1-2H3,(H,20,23)(H,19,21,22)/t15-,16-,25+/m1/s1. The number of aromatic amines is 1. The van der Waals surface area contributed by atoms with Crippen LogP contribution in [0.5, 0.6) is 0 Å². The molecule has 1 saturated carbocycles. The number of hydrogen-bond donors (Lipinski definition) is 2. The molecule has 6 nitrogen and oxygen atoms in total. The van der Waals surface area contributed by atoms with Gasteiger partial charge in [0.15, 0.2) is 5.82 Å². The van der Waals surface area contributed by atoms with E-state index >= 15 is 0 Å². The summed E-state index contributed by atoms with van der Waals surface area (Å²) in [6, 6.07) is 7.26. The second-order valence-corrected chi connectivity index (χ2v) is 8.34. The SMILES string of the molecule is CC[S@](=O)[C@@H]1CCCC[C@H]1NC(=O)c1ccc(-c2n[nH]c(C)n2)cc1. The maximum Gasteiger partial charge on any atom is 0.251 e. The Kier molecular flexibility index (Phi) is 5.63. The second kappa shape index (κ2) is 7.91. The van der Waals surface area contributed by atoms with Gasteiger partial charge in [-0.25, -0.2) is 4.98 Å². The van der Waals surface area contributed by atoms with Gasteiger partial charge in [0.05, 0.1) is 5.25 Å². The van der Waals surface area contributed by atoms with Gasteiger partial charge in [0.2, 0.25) is 0 Å². The molecule has 7 heteroatoms. The maximum atomic E-state index is 12.6. The zero-order valence-corrected chi connectivity index (χ0v) is 15.4. The number of benzene rings is 1. The summed E-state index contributed by atoms with van der Waals surface area (Å²) in [6.07, 6.45) is 3.99. The van der Waals surface area contributed by atoms with Gasteiger partial charge in [0, 0.05) is 33.7 Å². The molecule has 1 aromatic heterocycles. The topological polar surface area (TPSA) is 87.7 Å². The van der Waals surface area contributed by atoms with Gasteiger partial charge in [-0.05, 0) is 31.9 Å². The summed E-state index contributed by atoms with van der Waals surface area (Å²) >= 11 is 0. The van der Waals surface area contributed by atoms with E-state index in [0.717, 1.165) is 37.1 Å². The fourth-order valence-corrected chi connectivity index (χ4v) is 4.71. The molecule has 25 heavy (non-hydrogen) atoms. The number of carbonyl (C=O) groups excluding carboxylic acids is 1. The summed E-state index contributed by atoms with van der Waals surface area (Å²) in [6.45, 7) is 3.78. The minimum absolute atomic E-state index is 0.00244. The molecule has 134 valence electrons. The molecule has 2 N–H and O–H groups in total. The van der Waals surface area contributed by atoms with E-state index < -0.39 is 10.8 Å². The molecular weight excluding hydrogens is 336 g/mol. The first-order valence-electron chi connectivity index (χ1n) is 8.76. The number of carbonyl (C=O) groups is 1. The summed E-state index contributed by atoms with van der Waals surface area (Å²) < 4.78 is 12.2. The summed E-state index contributed by atoms with van der Waals surface area (Å²) in [5.41, 5.74) is 1.46. The fraction of sp³-hybridized carbons (Fsp3) is 0.500. The molecule has 0 bridgehead atoms. The lowest BCUT2D eigenvalue weighted by Gasteiger charge is -2.31. The molecule has 0 saturated heterocycles. The Morgan fingerprint density at radius 1 is 1.28 bits per heavy atom. The predicted octanol–water partition coefficient (Wildman–Crippen LogP) is 2.59. The third-order valence-electron chi connectivity index (χ3n) is 4.64. The first-order valence-corrected chi connectivity index (χ1v) is 10.1. The molecule has 2 aromatic rings. The number of hydrogen-bond acceptors (Lipinski definition) is 4.